The van der Waals surface area contributed by atoms with E-state index >= 15 is 0 Å². The Morgan fingerprint density at radius 1 is 1.19 bits per heavy atom. The Bertz CT molecular complexity index is 770. The van der Waals surface area contributed by atoms with Crippen molar-refractivity contribution in [3.05, 3.63) is 42.2 Å². The molecule has 0 spiro atoms. The van der Waals surface area contributed by atoms with E-state index in [-0.39, 0.29) is 6.04 Å². The van der Waals surface area contributed by atoms with Gasteiger partial charge >= 0.3 is 6.18 Å². The van der Waals surface area contributed by atoms with Gasteiger partial charge in [-0.1, -0.05) is 0 Å². The summed E-state index contributed by atoms with van der Waals surface area (Å²) in [4.78, 5) is 4.32. The normalized spacial score (nSPS) is 12.5. The lowest BCUT2D eigenvalue weighted by molar-refractivity contribution is -0.137. The summed E-state index contributed by atoms with van der Waals surface area (Å²) in [7, 11) is 0. The zero-order chi connectivity index (χ0) is 15.2. The van der Waals surface area contributed by atoms with Crippen molar-refractivity contribution in [3.8, 4) is 11.6 Å². The van der Waals surface area contributed by atoms with Gasteiger partial charge in [0, 0.05) is 6.04 Å². The molecule has 0 unspecified atom stereocenters. The van der Waals surface area contributed by atoms with Crippen LogP contribution in [0.25, 0.3) is 22.6 Å². The van der Waals surface area contributed by atoms with Gasteiger partial charge in [-0.2, -0.15) is 13.2 Å². The number of fused-ring (bicyclic) bond motifs is 1. The maximum atomic E-state index is 12.8. The van der Waals surface area contributed by atoms with Crippen LogP contribution in [0, 0.1) is 0 Å². The maximum absolute atomic E-state index is 12.8. The van der Waals surface area contributed by atoms with Crippen LogP contribution in [0.2, 0.25) is 0 Å². The van der Waals surface area contributed by atoms with E-state index in [4.69, 9.17) is 4.42 Å². The standard InChI is InChI=1S/C15H13F3N2O/c1-9(2)20-12-6-5-10(15(16,17)18)8-11(12)19-14(20)13-4-3-7-21-13/h3-9H,1-2H3. The molecule has 0 amide bonds. The van der Waals surface area contributed by atoms with Crippen molar-refractivity contribution < 1.29 is 17.6 Å². The molecule has 0 atom stereocenters. The molecule has 3 rings (SSSR count). The third-order valence-electron chi connectivity index (χ3n) is 3.27. The van der Waals surface area contributed by atoms with Crippen molar-refractivity contribution in [1.82, 2.24) is 9.55 Å². The van der Waals surface area contributed by atoms with Gasteiger partial charge in [0.25, 0.3) is 0 Å². The van der Waals surface area contributed by atoms with Gasteiger partial charge in [-0.05, 0) is 44.2 Å². The van der Waals surface area contributed by atoms with Gasteiger partial charge < -0.3 is 8.98 Å². The summed E-state index contributed by atoms with van der Waals surface area (Å²) in [6.07, 6.45) is -2.86. The molecule has 3 nitrogen and oxygen atoms in total. The molecule has 0 N–H and O–H groups in total. The van der Waals surface area contributed by atoms with Crippen LogP contribution in [-0.2, 0) is 6.18 Å². The van der Waals surface area contributed by atoms with Gasteiger partial charge in [-0.3, -0.25) is 0 Å². The highest BCUT2D eigenvalue weighted by Crippen LogP contribution is 2.34. The van der Waals surface area contributed by atoms with Crippen LogP contribution in [0.1, 0.15) is 25.5 Å². The highest BCUT2D eigenvalue weighted by molar-refractivity contribution is 5.81. The Kier molecular flexibility index (Phi) is 3.04. The van der Waals surface area contributed by atoms with Gasteiger partial charge in [-0.15, -0.1) is 0 Å². The van der Waals surface area contributed by atoms with Gasteiger partial charge in [-0.25, -0.2) is 4.98 Å². The first-order chi connectivity index (χ1) is 9.88. The minimum atomic E-state index is -4.37. The minimum Gasteiger partial charge on any atom is -0.461 e. The Morgan fingerprint density at radius 2 is 1.95 bits per heavy atom. The molecule has 110 valence electrons. The molecule has 6 heteroatoms. The first-order valence-electron chi connectivity index (χ1n) is 6.51. The molecule has 0 saturated heterocycles. The van der Waals surface area contributed by atoms with Crippen molar-refractivity contribution in [2.45, 2.75) is 26.1 Å². The van der Waals surface area contributed by atoms with Crippen LogP contribution in [0.15, 0.2) is 41.0 Å². The van der Waals surface area contributed by atoms with Crippen LogP contribution < -0.4 is 0 Å². The lowest BCUT2D eigenvalue weighted by atomic mass is 10.2. The second kappa shape index (κ2) is 4.65. The van der Waals surface area contributed by atoms with Crippen LogP contribution >= 0.6 is 0 Å². The van der Waals surface area contributed by atoms with E-state index in [1.54, 1.807) is 12.1 Å². The molecule has 0 aliphatic carbocycles. The Hall–Kier alpha value is -2.24. The third-order valence-corrected chi connectivity index (χ3v) is 3.27. The molecule has 0 radical (unpaired) electrons. The van der Waals surface area contributed by atoms with E-state index < -0.39 is 11.7 Å². The number of nitrogens with zero attached hydrogens (tertiary/aromatic N) is 2. The summed E-state index contributed by atoms with van der Waals surface area (Å²) in [5, 5.41) is 0. The van der Waals surface area contributed by atoms with Gasteiger partial charge in [0.05, 0.1) is 22.9 Å². The summed E-state index contributed by atoms with van der Waals surface area (Å²) in [5.74, 6) is 1.07. The van der Waals surface area contributed by atoms with Crippen molar-refractivity contribution in [2.24, 2.45) is 0 Å². The van der Waals surface area contributed by atoms with Crippen LogP contribution in [0.3, 0.4) is 0 Å². The summed E-state index contributed by atoms with van der Waals surface area (Å²) in [6, 6.07) is 7.12. The predicted octanol–water partition coefficient (Wildman–Crippen LogP) is 4.90. The molecule has 0 bridgehead atoms. The Balaban J connectivity index is 2.27. The molecule has 0 saturated carbocycles. The average molecular weight is 294 g/mol. The van der Waals surface area contributed by atoms with E-state index in [1.807, 2.05) is 18.4 Å². The lowest BCUT2D eigenvalue weighted by Gasteiger charge is -2.12. The summed E-state index contributed by atoms with van der Waals surface area (Å²) >= 11 is 0. The highest BCUT2D eigenvalue weighted by atomic mass is 19.4. The molecule has 0 aliphatic rings. The third kappa shape index (κ3) is 2.30. The van der Waals surface area contributed by atoms with Gasteiger partial charge in [0.2, 0.25) is 0 Å². The SMILES string of the molecule is CC(C)n1c(-c2ccco2)nc2cc(C(F)(F)F)ccc21. The minimum absolute atomic E-state index is 0.0480. The van der Waals surface area contributed by atoms with E-state index in [9.17, 15) is 13.2 Å². The first-order valence-corrected chi connectivity index (χ1v) is 6.51. The first kappa shape index (κ1) is 13.7. The quantitative estimate of drug-likeness (QED) is 0.673. The number of benzene rings is 1. The molecular formula is C15H13F3N2O. The van der Waals surface area contributed by atoms with Crippen LogP contribution in [-0.4, -0.2) is 9.55 Å². The number of aromatic nitrogens is 2. The van der Waals surface area contributed by atoms with Crippen molar-refractivity contribution >= 4 is 11.0 Å². The average Bonchev–Trinajstić information content (AvgIpc) is 3.03. The Labute approximate surface area is 119 Å². The fourth-order valence-corrected chi connectivity index (χ4v) is 2.38. The smallest absolute Gasteiger partial charge is 0.416 e. The zero-order valence-electron chi connectivity index (χ0n) is 11.5. The van der Waals surface area contributed by atoms with E-state index in [2.05, 4.69) is 4.98 Å². The lowest BCUT2D eigenvalue weighted by Crippen LogP contribution is -2.05. The van der Waals surface area contributed by atoms with Crippen LogP contribution in [0.4, 0.5) is 13.2 Å². The van der Waals surface area contributed by atoms with Crippen LogP contribution in [0.5, 0.6) is 0 Å². The fourth-order valence-electron chi connectivity index (χ4n) is 2.38. The number of alkyl halides is 3. The summed E-state index contributed by atoms with van der Waals surface area (Å²) in [6.45, 7) is 3.90. The molecular weight excluding hydrogens is 281 g/mol. The molecule has 2 aromatic heterocycles. The summed E-state index contributed by atoms with van der Waals surface area (Å²) < 4.78 is 45.6. The van der Waals surface area contributed by atoms with Gasteiger partial charge in [0.15, 0.2) is 11.6 Å². The second-order valence-electron chi connectivity index (χ2n) is 5.08. The molecule has 0 aliphatic heterocycles. The fraction of sp³-hybridized carbons (Fsp3) is 0.267. The number of hydrogen-bond acceptors (Lipinski definition) is 2. The monoisotopic (exact) mass is 294 g/mol. The Morgan fingerprint density at radius 3 is 2.52 bits per heavy atom. The highest BCUT2D eigenvalue weighted by Gasteiger charge is 2.31. The number of imidazole rings is 1. The van der Waals surface area contributed by atoms with E-state index in [0.717, 1.165) is 12.1 Å². The number of rotatable bonds is 2. The summed E-state index contributed by atoms with van der Waals surface area (Å²) in [5.41, 5.74) is 0.267. The maximum Gasteiger partial charge on any atom is 0.416 e. The van der Waals surface area contributed by atoms with Crippen molar-refractivity contribution in [3.63, 3.8) is 0 Å². The molecule has 0 fully saturated rings. The molecule has 21 heavy (non-hydrogen) atoms. The topological polar surface area (TPSA) is 31.0 Å². The van der Waals surface area contributed by atoms with Crippen molar-refractivity contribution in [1.29, 1.82) is 0 Å². The second-order valence-corrected chi connectivity index (χ2v) is 5.08. The molecule has 3 aromatic rings. The number of furan rings is 1. The largest absolute Gasteiger partial charge is 0.461 e. The van der Waals surface area contributed by atoms with E-state index in [1.165, 1.54) is 12.3 Å². The molecule has 2 heterocycles. The predicted molar refractivity (Wildman–Crippen MR) is 72.8 cm³/mol. The van der Waals surface area contributed by atoms with Crippen molar-refractivity contribution in [2.75, 3.05) is 0 Å². The van der Waals surface area contributed by atoms with E-state index in [0.29, 0.717) is 22.6 Å². The molecule has 1 aromatic carbocycles. The zero-order valence-corrected chi connectivity index (χ0v) is 11.5. The number of hydrogen-bond donors (Lipinski definition) is 0. The number of halogens is 3. The van der Waals surface area contributed by atoms with Gasteiger partial charge in [0.1, 0.15) is 0 Å².